The van der Waals surface area contributed by atoms with Crippen molar-refractivity contribution in [2.45, 2.75) is 0 Å². The number of methoxy groups -OCH3 is 1. The molecule has 0 unspecified atom stereocenters. The molecule has 0 fully saturated rings. The number of fused-ring (bicyclic) bond motifs is 1. The third-order valence-corrected chi connectivity index (χ3v) is 4.13. The van der Waals surface area contributed by atoms with Crippen molar-refractivity contribution in [1.29, 1.82) is 0 Å². The van der Waals surface area contributed by atoms with Gasteiger partial charge in [0.2, 0.25) is 0 Å². The van der Waals surface area contributed by atoms with E-state index in [-0.39, 0.29) is 5.75 Å². The zero-order valence-corrected chi connectivity index (χ0v) is 13.2. The number of hydrogen-bond donors (Lipinski definition) is 2. The molecule has 0 aliphatic carbocycles. The van der Waals surface area contributed by atoms with Crippen LogP contribution in [0, 0.1) is 0 Å². The highest BCUT2D eigenvalue weighted by Gasteiger charge is 2.12. The van der Waals surface area contributed by atoms with E-state index in [0.717, 1.165) is 39.0 Å². The summed E-state index contributed by atoms with van der Waals surface area (Å²) in [6.45, 7) is 0. The van der Waals surface area contributed by atoms with Gasteiger partial charge in [-0.1, -0.05) is 30.3 Å². The molecule has 4 nitrogen and oxygen atoms in total. The van der Waals surface area contributed by atoms with Crippen LogP contribution in [0.3, 0.4) is 0 Å². The Labute approximate surface area is 139 Å². The predicted octanol–water partition coefficient (Wildman–Crippen LogP) is 4.61. The first-order valence-electron chi connectivity index (χ1n) is 7.66. The van der Waals surface area contributed by atoms with E-state index in [2.05, 4.69) is 16.0 Å². The number of ether oxygens (including phenoxy) is 1. The lowest BCUT2D eigenvalue weighted by Crippen LogP contribution is -1.87. The van der Waals surface area contributed by atoms with Crippen LogP contribution in [0.5, 0.6) is 11.5 Å². The summed E-state index contributed by atoms with van der Waals surface area (Å²) in [5.74, 6) is 1.08. The number of para-hydroxylation sites is 1. The Bertz CT molecular complexity index is 1000. The van der Waals surface area contributed by atoms with Gasteiger partial charge in [0.15, 0.2) is 0 Å². The number of phenols is 1. The predicted molar refractivity (Wildman–Crippen MR) is 95.2 cm³/mol. The number of aromatic nitrogens is 2. The van der Waals surface area contributed by atoms with Crippen LogP contribution in [-0.4, -0.2) is 22.2 Å². The Morgan fingerprint density at radius 3 is 2.54 bits per heavy atom. The van der Waals surface area contributed by atoms with Crippen molar-refractivity contribution in [2.75, 3.05) is 7.11 Å². The summed E-state index contributed by atoms with van der Waals surface area (Å²) in [5.41, 5.74) is 4.91. The zero-order chi connectivity index (χ0) is 16.5. The number of nitrogens with one attached hydrogen (secondary N) is 1. The minimum atomic E-state index is 0.254. The fourth-order valence-electron chi connectivity index (χ4n) is 2.91. The highest BCUT2D eigenvalue weighted by atomic mass is 16.5. The monoisotopic (exact) mass is 316 g/mol. The molecule has 0 atom stereocenters. The van der Waals surface area contributed by atoms with Crippen LogP contribution < -0.4 is 4.74 Å². The van der Waals surface area contributed by atoms with Crippen LogP contribution in [-0.2, 0) is 0 Å². The van der Waals surface area contributed by atoms with Crippen LogP contribution in [0.25, 0.3) is 33.3 Å². The van der Waals surface area contributed by atoms with E-state index >= 15 is 0 Å². The largest absolute Gasteiger partial charge is 0.508 e. The molecule has 2 aromatic heterocycles. The van der Waals surface area contributed by atoms with Gasteiger partial charge in [0.1, 0.15) is 17.1 Å². The maximum absolute atomic E-state index is 9.46. The van der Waals surface area contributed by atoms with Crippen LogP contribution in [0.4, 0.5) is 0 Å². The summed E-state index contributed by atoms with van der Waals surface area (Å²) in [4.78, 5) is 7.74. The molecule has 0 aliphatic rings. The number of hydrogen-bond acceptors (Lipinski definition) is 3. The number of rotatable bonds is 3. The topological polar surface area (TPSA) is 58.1 Å². The number of aromatic hydroxyl groups is 1. The first kappa shape index (κ1) is 14.3. The molecule has 118 valence electrons. The summed E-state index contributed by atoms with van der Waals surface area (Å²) in [6, 6.07) is 17.2. The normalized spacial score (nSPS) is 10.9. The molecule has 0 saturated heterocycles. The molecule has 0 saturated carbocycles. The minimum Gasteiger partial charge on any atom is -0.508 e. The SMILES string of the molecule is COc1ccccc1-c1c[nH]c2ncc(-c3ccc(O)cc3)cc12. The quantitative estimate of drug-likeness (QED) is 0.580. The van der Waals surface area contributed by atoms with E-state index in [1.165, 1.54) is 0 Å². The van der Waals surface area contributed by atoms with E-state index in [1.807, 2.05) is 48.8 Å². The van der Waals surface area contributed by atoms with Gasteiger partial charge in [-0.3, -0.25) is 0 Å². The van der Waals surface area contributed by atoms with Crippen LogP contribution in [0.15, 0.2) is 67.0 Å². The number of H-pyrrole nitrogens is 1. The van der Waals surface area contributed by atoms with Gasteiger partial charge in [0.25, 0.3) is 0 Å². The van der Waals surface area contributed by atoms with Gasteiger partial charge in [-0.25, -0.2) is 4.98 Å². The van der Waals surface area contributed by atoms with Crippen molar-refractivity contribution in [2.24, 2.45) is 0 Å². The van der Waals surface area contributed by atoms with Gasteiger partial charge in [0, 0.05) is 34.5 Å². The van der Waals surface area contributed by atoms with Gasteiger partial charge >= 0.3 is 0 Å². The van der Waals surface area contributed by atoms with Crippen LogP contribution in [0.1, 0.15) is 0 Å². The number of nitrogens with zero attached hydrogens (tertiary/aromatic N) is 1. The number of phenolic OH excluding ortho intramolecular Hbond substituents is 1. The standard InChI is InChI=1S/C20H16N2O2/c1-24-19-5-3-2-4-16(19)18-12-22-20-17(18)10-14(11-21-20)13-6-8-15(23)9-7-13/h2-12,23H,1H3,(H,21,22). The smallest absolute Gasteiger partial charge is 0.137 e. The van der Waals surface area contributed by atoms with Crippen LogP contribution in [0.2, 0.25) is 0 Å². The van der Waals surface area contributed by atoms with Crippen LogP contribution >= 0.6 is 0 Å². The molecule has 0 amide bonds. The lowest BCUT2D eigenvalue weighted by molar-refractivity contribution is 0.416. The highest BCUT2D eigenvalue weighted by molar-refractivity contribution is 5.97. The molecule has 2 aromatic carbocycles. The summed E-state index contributed by atoms with van der Waals surface area (Å²) in [5, 5.41) is 10.5. The zero-order valence-electron chi connectivity index (χ0n) is 13.2. The second kappa shape index (κ2) is 5.74. The molecule has 0 spiro atoms. The van der Waals surface area contributed by atoms with E-state index < -0.39 is 0 Å². The first-order valence-corrected chi connectivity index (χ1v) is 7.66. The Morgan fingerprint density at radius 1 is 0.958 bits per heavy atom. The lowest BCUT2D eigenvalue weighted by Gasteiger charge is -2.08. The van der Waals surface area contributed by atoms with Gasteiger partial charge in [-0.15, -0.1) is 0 Å². The van der Waals surface area contributed by atoms with E-state index in [4.69, 9.17) is 4.74 Å². The lowest BCUT2D eigenvalue weighted by atomic mass is 10.0. The number of benzene rings is 2. The summed E-state index contributed by atoms with van der Waals surface area (Å²) < 4.78 is 5.48. The molecule has 0 bridgehead atoms. The molecule has 2 N–H and O–H groups in total. The average Bonchev–Trinajstić information content (AvgIpc) is 3.05. The maximum atomic E-state index is 9.46. The van der Waals surface area contributed by atoms with Crippen molar-refractivity contribution in [3.05, 3.63) is 67.0 Å². The van der Waals surface area contributed by atoms with Gasteiger partial charge < -0.3 is 14.8 Å². The van der Waals surface area contributed by atoms with E-state index in [0.29, 0.717) is 0 Å². The van der Waals surface area contributed by atoms with Crippen molar-refractivity contribution in [3.8, 4) is 33.8 Å². The highest BCUT2D eigenvalue weighted by Crippen LogP contribution is 2.36. The molecular formula is C20H16N2O2. The Hall–Kier alpha value is -3.27. The second-order valence-corrected chi connectivity index (χ2v) is 5.57. The summed E-state index contributed by atoms with van der Waals surface area (Å²) >= 11 is 0. The Morgan fingerprint density at radius 2 is 1.75 bits per heavy atom. The molecule has 24 heavy (non-hydrogen) atoms. The fraction of sp³-hybridized carbons (Fsp3) is 0.0500. The first-order chi connectivity index (χ1) is 11.8. The molecule has 0 radical (unpaired) electrons. The van der Waals surface area contributed by atoms with Gasteiger partial charge in [0.05, 0.1) is 7.11 Å². The van der Waals surface area contributed by atoms with Crippen molar-refractivity contribution < 1.29 is 9.84 Å². The Balaban J connectivity index is 1.89. The van der Waals surface area contributed by atoms with Crippen molar-refractivity contribution >= 4 is 11.0 Å². The summed E-state index contributed by atoms with van der Waals surface area (Å²) in [6.07, 6.45) is 3.79. The molecule has 4 heteroatoms. The fourth-order valence-corrected chi connectivity index (χ4v) is 2.91. The van der Waals surface area contributed by atoms with Gasteiger partial charge in [-0.2, -0.15) is 0 Å². The maximum Gasteiger partial charge on any atom is 0.137 e. The molecule has 4 rings (SSSR count). The number of aromatic amines is 1. The van der Waals surface area contributed by atoms with Crippen molar-refractivity contribution in [3.63, 3.8) is 0 Å². The molecule has 4 aromatic rings. The third kappa shape index (κ3) is 2.38. The summed E-state index contributed by atoms with van der Waals surface area (Å²) in [7, 11) is 1.67. The van der Waals surface area contributed by atoms with E-state index in [1.54, 1.807) is 19.2 Å². The molecule has 2 heterocycles. The Kier molecular flexibility index (Phi) is 3.43. The van der Waals surface area contributed by atoms with E-state index in [9.17, 15) is 5.11 Å². The van der Waals surface area contributed by atoms with Gasteiger partial charge in [-0.05, 0) is 29.8 Å². The number of pyridine rings is 1. The third-order valence-electron chi connectivity index (χ3n) is 4.13. The second-order valence-electron chi connectivity index (χ2n) is 5.57. The van der Waals surface area contributed by atoms with Crippen molar-refractivity contribution in [1.82, 2.24) is 9.97 Å². The molecule has 0 aliphatic heterocycles. The molecular weight excluding hydrogens is 300 g/mol. The minimum absolute atomic E-state index is 0.254. The average molecular weight is 316 g/mol.